The molecule has 0 spiro atoms. The van der Waals surface area contributed by atoms with Crippen molar-refractivity contribution in [3.8, 4) is 0 Å². The Kier molecular flexibility index (Phi) is 5.25. The number of carbonyl (C=O) groups excluding carboxylic acids is 2. The van der Waals surface area contributed by atoms with Crippen LogP contribution in [0, 0.1) is 11.3 Å². The maximum absolute atomic E-state index is 14.0. The second-order valence-electron chi connectivity index (χ2n) is 6.00. The van der Waals surface area contributed by atoms with Crippen molar-refractivity contribution in [1.82, 2.24) is 4.90 Å². The molecule has 0 saturated heterocycles. The molecule has 0 aromatic heterocycles. The third-order valence-electron chi connectivity index (χ3n) is 4.03. The average Bonchev–Trinajstić information content (AvgIpc) is 2.38. The highest BCUT2D eigenvalue weighted by Gasteiger charge is 2.55. The number of hydrogen-bond acceptors (Lipinski definition) is 3. The highest BCUT2D eigenvalue weighted by molar-refractivity contribution is 6.05. The van der Waals surface area contributed by atoms with E-state index in [1.165, 1.54) is 11.0 Å². The van der Waals surface area contributed by atoms with Crippen LogP contribution in [-0.2, 0) is 9.59 Å². The van der Waals surface area contributed by atoms with Crippen molar-refractivity contribution in [2.24, 2.45) is 11.3 Å². The number of aliphatic hydroxyl groups excluding tert-OH is 1. The predicted molar refractivity (Wildman–Crippen MR) is 74.9 cm³/mol. The summed E-state index contributed by atoms with van der Waals surface area (Å²) in [5.41, 5.74) is -0.934. The SMILES string of the molecule is CCN(CC)C(=O)[C@H]1C(=O)C(F)(F)[C@H](O)/C=C\CC1(C)C. The lowest BCUT2D eigenvalue weighted by Gasteiger charge is -2.38. The molecule has 0 heterocycles. The van der Waals surface area contributed by atoms with E-state index in [2.05, 4.69) is 0 Å². The lowest BCUT2D eigenvalue weighted by Crippen LogP contribution is -2.54. The Balaban J connectivity index is 3.32. The normalized spacial score (nSPS) is 29.4. The topological polar surface area (TPSA) is 57.6 Å². The molecule has 120 valence electrons. The lowest BCUT2D eigenvalue weighted by molar-refractivity contribution is -0.170. The molecule has 4 nitrogen and oxygen atoms in total. The zero-order valence-corrected chi connectivity index (χ0v) is 12.9. The van der Waals surface area contributed by atoms with Gasteiger partial charge < -0.3 is 10.0 Å². The van der Waals surface area contributed by atoms with E-state index in [1.54, 1.807) is 27.7 Å². The Bertz CT molecular complexity index is 442. The minimum absolute atomic E-state index is 0.267. The van der Waals surface area contributed by atoms with Crippen molar-refractivity contribution in [3.05, 3.63) is 12.2 Å². The number of allylic oxidation sites excluding steroid dienone is 1. The molecule has 1 aliphatic carbocycles. The number of halogens is 2. The number of amides is 1. The number of Topliss-reactive ketones (excluding diaryl/α,β-unsaturated/α-hetero) is 1. The highest BCUT2D eigenvalue weighted by atomic mass is 19.3. The third kappa shape index (κ3) is 3.31. The van der Waals surface area contributed by atoms with Crippen LogP contribution in [0.25, 0.3) is 0 Å². The number of ketones is 1. The average molecular weight is 303 g/mol. The monoisotopic (exact) mass is 303 g/mol. The maximum Gasteiger partial charge on any atom is 0.334 e. The standard InChI is InChI=1S/C15H23F2NO3/c1-5-18(6-2)13(21)11-12(20)15(16,17)10(19)8-7-9-14(11,3)4/h7-8,10-11,19H,5-6,9H2,1-4H3/b8-7-/t10-,11-/m1/s1. The number of hydrogen-bond donors (Lipinski definition) is 1. The fourth-order valence-corrected chi connectivity index (χ4v) is 2.60. The van der Waals surface area contributed by atoms with Gasteiger partial charge in [0.05, 0.1) is 0 Å². The molecule has 21 heavy (non-hydrogen) atoms. The van der Waals surface area contributed by atoms with Gasteiger partial charge in [0.15, 0.2) is 0 Å². The largest absolute Gasteiger partial charge is 0.382 e. The van der Waals surface area contributed by atoms with Gasteiger partial charge >= 0.3 is 5.92 Å². The van der Waals surface area contributed by atoms with Gasteiger partial charge in [-0.3, -0.25) is 9.59 Å². The first-order chi connectivity index (χ1) is 9.59. The van der Waals surface area contributed by atoms with Crippen LogP contribution >= 0.6 is 0 Å². The maximum atomic E-state index is 14.0. The molecule has 0 radical (unpaired) electrons. The second kappa shape index (κ2) is 6.22. The first-order valence-electron chi connectivity index (χ1n) is 7.15. The van der Waals surface area contributed by atoms with Crippen molar-refractivity contribution in [3.63, 3.8) is 0 Å². The van der Waals surface area contributed by atoms with Crippen LogP contribution in [0.1, 0.15) is 34.1 Å². The summed E-state index contributed by atoms with van der Waals surface area (Å²) >= 11 is 0. The molecule has 1 rings (SSSR count). The molecule has 1 amide bonds. The molecule has 0 aliphatic heterocycles. The van der Waals surface area contributed by atoms with E-state index in [0.717, 1.165) is 6.08 Å². The van der Waals surface area contributed by atoms with Gasteiger partial charge in [-0.05, 0) is 25.7 Å². The number of rotatable bonds is 3. The fourth-order valence-electron chi connectivity index (χ4n) is 2.60. The number of carbonyl (C=O) groups is 2. The molecular formula is C15H23F2NO3. The van der Waals surface area contributed by atoms with E-state index in [1.807, 2.05) is 0 Å². The van der Waals surface area contributed by atoms with Crippen LogP contribution in [0.3, 0.4) is 0 Å². The molecule has 0 fully saturated rings. The summed E-state index contributed by atoms with van der Waals surface area (Å²) in [6.45, 7) is 7.39. The Hall–Kier alpha value is -1.30. The summed E-state index contributed by atoms with van der Waals surface area (Å²) in [6, 6.07) is 0. The quantitative estimate of drug-likeness (QED) is 0.641. The Morgan fingerprint density at radius 3 is 2.38 bits per heavy atom. The van der Waals surface area contributed by atoms with Crippen molar-refractivity contribution in [2.45, 2.75) is 46.1 Å². The summed E-state index contributed by atoms with van der Waals surface area (Å²) in [4.78, 5) is 26.1. The van der Waals surface area contributed by atoms with Crippen molar-refractivity contribution >= 4 is 11.7 Å². The van der Waals surface area contributed by atoms with Crippen LogP contribution in [0.4, 0.5) is 8.78 Å². The minimum Gasteiger partial charge on any atom is -0.382 e. The summed E-state index contributed by atoms with van der Waals surface area (Å²) in [7, 11) is 0. The summed E-state index contributed by atoms with van der Waals surface area (Å²) < 4.78 is 28.1. The molecule has 0 aromatic carbocycles. The number of alkyl halides is 2. The number of aliphatic hydroxyl groups is 1. The summed E-state index contributed by atoms with van der Waals surface area (Å²) in [5, 5.41) is 9.45. The Morgan fingerprint density at radius 2 is 1.90 bits per heavy atom. The lowest BCUT2D eigenvalue weighted by atomic mass is 9.70. The van der Waals surface area contributed by atoms with E-state index in [0.29, 0.717) is 13.1 Å². The summed E-state index contributed by atoms with van der Waals surface area (Å²) in [5.74, 6) is -7.52. The van der Waals surface area contributed by atoms with Gasteiger partial charge in [0.2, 0.25) is 11.7 Å². The van der Waals surface area contributed by atoms with Gasteiger partial charge in [-0.2, -0.15) is 8.78 Å². The van der Waals surface area contributed by atoms with Crippen LogP contribution < -0.4 is 0 Å². The van der Waals surface area contributed by atoms with Gasteiger partial charge in [0.1, 0.15) is 12.0 Å². The summed E-state index contributed by atoms with van der Waals surface area (Å²) in [6.07, 6.45) is 0.419. The van der Waals surface area contributed by atoms with Crippen LogP contribution in [0.5, 0.6) is 0 Å². The Morgan fingerprint density at radius 1 is 1.38 bits per heavy atom. The first-order valence-corrected chi connectivity index (χ1v) is 7.15. The minimum atomic E-state index is -3.96. The van der Waals surface area contributed by atoms with Crippen molar-refractivity contribution in [2.75, 3.05) is 13.1 Å². The highest BCUT2D eigenvalue weighted by Crippen LogP contribution is 2.40. The molecule has 0 unspecified atom stereocenters. The van der Waals surface area contributed by atoms with Crippen molar-refractivity contribution < 1.29 is 23.5 Å². The molecule has 2 atom stereocenters. The second-order valence-corrected chi connectivity index (χ2v) is 6.00. The zero-order valence-electron chi connectivity index (χ0n) is 12.9. The van der Waals surface area contributed by atoms with Gasteiger partial charge in [-0.25, -0.2) is 0 Å². The molecule has 0 bridgehead atoms. The molecule has 1 aliphatic rings. The van der Waals surface area contributed by atoms with E-state index in [4.69, 9.17) is 0 Å². The van der Waals surface area contributed by atoms with Crippen LogP contribution in [0.15, 0.2) is 12.2 Å². The van der Waals surface area contributed by atoms with Gasteiger partial charge in [-0.15, -0.1) is 0 Å². The zero-order chi connectivity index (χ0) is 16.4. The molecule has 6 heteroatoms. The molecule has 0 saturated carbocycles. The van der Waals surface area contributed by atoms with E-state index in [9.17, 15) is 23.5 Å². The molecular weight excluding hydrogens is 280 g/mol. The first kappa shape index (κ1) is 17.8. The number of nitrogens with zero attached hydrogens (tertiary/aromatic N) is 1. The molecule has 1 N–H and O–H groups in total. The van der Waals surface area contributed by atoms with Crippen LogP contribution in [0.2, 0.25) is 0 Å². The van der Waals surface area contributed by atoms with Crippen LogP contribution in [-0.4, -0.2) is 46.8 Å². The van der Waals surface area contributed by atoms with E-state index >= 15 is 0 Å². The van der Waals surface area contributed by atoms with E-state index in [-0.39, 0.29) is 6.42 Å². The van der Waals surface area contributed by atoms with Gasteiger partial charge in [-0.1, -0.05) is 26.0 Å². The van der Waals surface area contributed by atoms with Crippen molar-refractivity contribution in [1.29, 1.82) is 0 Å². The predicted octanol–water partition coefficient (Wildman–Crippen LogP) is 2.02. The third-order valence-corrected chi connectivity index (χ3v) is 4.03. The van der Waals surface area contributed by atoms with E-state index < -0.39 is 35.0 Å². The smallest absolute Gasteiger partial charge is 0.334 e. The Labute approximate surface area is 123 Å². The fraction of sp³-hybridized carbons (Fsp3) is 0.733. The van der Waals surface area contributed by atoms with Gasteiger partial charge in [0.25, 0.3) is 0 Å². The molecule has 0 aromatic rings. The van der Waals surface area contributed by atoms with Gasteiger partial charge in [0, 0.05) is 13.1 Å².